The van der Waals surface area contributed by atoms with Crippen LogP contribution in [0.1, 0.15) is 71.1 Å². The third-order valence-corrected chi connectivity index (χ3v) is 4.96. The molecule has 0 heterocycles. The van der Waals surface area contributed by atoms with Crippen LogP contribution in [0, 0.1) is 0 Å². The van der Waals surface area contributed by atoms with E-state index in [0.717, 1.165) is 15.5 Å². The molecule has 1 aromatic rings. The molecule has 0 aliphatic heterocycles. The number of halogens is 2. The van der Waals surface area contributed by atoms with Gasteiger partial charge in [0.25, 0.3) is 0 Å². The summed E-state index contributed by atoms with van der Waals surface area (Å²) in [4.78, 5) is 0. The van der Waals surface area contributed by atoms with Gasteiger partial charge >= 0.3 is 0 Å². The Morgan fingerprint density at radius 3 is 2.00 bits per heavy atom. The van der Waals surface area contributed by atoms with Crippen molar-refractivity contribution < 1.29 is 0 Å². The average molecular weight is 419 g/mol. The number of unbranched alkanes of at least 4 members (excludes halogenated alkanes) is 9. The topological polar surface area (TPSA) is 12.0 Å². The van der Waals surface area contributed by atoms with Crippen molar-refractivity contribution in [2.24, 2.45) is 0 Å². The Bertz CT molecular complexity index is 379. The first-order chi connectivity index (χ1) is 10.2. The molecule has 0 aliphatic carbocycles. The van der Waals surface area contributed by atoms with Gasteiger partial charge in [0, 0.05) is 21.2 Å². The van der Waals surface area contributed by atoms with Gasteiger partial charge in [0.15, 0.2) is 0 Å². The molecule has 0 saturated carbocycles. The van der Waals surface area contributed by atoms with E-state index in [4.69, 9.17) is 0 Å². The highest BCUT2D eigenvalue weighted by Gasteiger charge is 1.99. The Hall–Kier alpha value is -0.0200. The van der Waals surface area contributed by atoms with Crippen LogP contribution < -0.4 is 5.32 Å². The quantitative estimate of drug-likeness (QED) is 0.345. The lowest BCUT2D eigenvalue weighted by atomic mass is 10.1. The highest BCUT2D eigenvalue weighted by molar-refractivity contribution is 9.11. The van der Waals surface area contributed by atoms with Gasteiger partial charge in [-0.3, -0.25) is 0 Å². The first-order valence-corrected chi connectivity index (χ1v) is 10.0. The first-order valence-electron chi connectivity index (χ1n) is 8.43. The van der Waals surface area contributed by atoms with Crippen LogP contribution in [0.4, 0.5) is 5.69 Å². The van der Waals surface area contributed by atoms with Crippen molar-refractivity contribution in [3.8, 4) is 0 Å². The molecule has 0 spiro atoms. The number of benzene rings is 1. The Morgan fingerprint density at radius 2 is 1.38 bits per heavy atom. The van der Waals surface area contributed by atoms with Crippen LogP contribution in [0.25, 0.3) is 0 Å². The molecule has 0 bridgehead atoms. The van der Waals surface area contributed by atoms with Gasteiger partial charge in [-0.25, -0.2) is 0 Å². The predicted molar refractivity (Wildman–Crippen MR) is 102 cm³/mol. The average Bonchev–Trinajstić information content (AvgIpc) is 2.48. The molecule has 0 radical (unpaired) electrons. The van der Waals surface area contributed by atoms with E-state index >= 15 is 0 Å². The molecule has 0 aromatic heterocycles. The summed E-state index contributed by atoms with van der Waals surface area (Å²) in [5.41, 5.74) is 1.18. The summed E-state index contributed by atoms with van der Waals surface area (Å²) in [6.07, 6.45) is 13.9. The van der Waals surface area contributed by atoms with Crippen LogP contribution in [-0.2, 0) is 0 Å². The second kappa shape index (κ2) is 12.5. The summed E-state index contributed by atoms with van der Waals surface area (Å²) in [6.45, 7) is 3.34. The molecule has 1 N–H and O–H groups in total. The second-order valence-electron chi connectivity index (χ2n) is 5.73. The fourth-order valence-corrected chi connectivity index (χ4v) is 3.22. The van der Waals surface area contributed by atoms with Crippen LogP contribution in [0.3, 0.4) is 0 Å². The fraction of sp³-hybridized carbons (Fsp3) is 0.667. The molecule has 1 nitrogen and oxygen atoms in total. The van der Waals surface area contributed by atoms with Gasteiger partial charge in [-0.15, -0.1) is 0 Å². The Morgan fingerprint density at radius 1 is 0.810 bits per heavy atom. The molecule has 0 aliphatic rings. The van der Waals surface area contributed by atoms with E-state index in [1.54, 1.807) is 0 Å². The zero-order valence-electron chi connectivity index (χ0n) is 13.3. The fourth-order valence-electron chi connectivity index (χ4n) is 2.47. The van der Waals surface area contributed by atoms with E-state index < -0.39 is 0 Å². The minimum atomic E-state index is 1.06. The molecular formula is C18H29Br2N. The van der Waals surface area contributed by atoms with Crippen LogP contribution in [-0.4, -0.2) is 6.54 Å². The molecular weight excluding hydrogens is 390 g/mol. The maximum atomic E-state index is 3.58. The Kier molecular flexibility index (Phi) is 11.3. The lowest BCUT2D eigenvalue weighted by molar-refractivity contribution is 0.560. The van der Waals surface area contributed by atoms with E-state index in [1.165, 1.54) is 69.9 Å². The van der Waals surface area contributed by atoms with Crippen molar-refractivity contribution in [3.05, 3.63) is 27.1 Å². The molecule has 0 atom stereocenters. The lowest BCUT2D eigenvalue weighted by Gasteiger charge is -2.09. The van der Waals surface area contributed by atoms with Gasteiger partial charge in [0.1, 0.15) is 0 Å². The van der Waals surface area contributed by atoms with Crippen molar-refractivity contribution in [1.29, 1.82) is 0 Å². The normalized spacial score (nSPS) is 10.8. The SMILES string of the molecule is CCCCCCCCCCCCNc1cc(Br)ccc1Br. The van der Waals surface area contributed by atoms with E-state index in [-0.39, 0.29) is 0 Å². The van der Waals surface area contributed by atoms with Crippen molar-refractivity contribution in [2.75, 3.05) is 11.9 Å². The molecule has 0 saturated heterocycles. The Labute approximate surface area is 147 Å². The summed E-state index contributed by atoms with van der Waals surface area (Å²) in [5, 5.41) is 3.50. The lowest BCUT2D eigenvalue weighted by Crippen LogP contribution is -2.02. The number of hydrogen-bond acceptors (Lipinski definition) is 1. The number of hydrogen-bond donors (Lipinski definition) is 1. The van der Waals surface area contributed by atoms with Gasteiger partial charge in [0.2, 0.25) is 0 Å². The summed E-state index contributed by atoms with van der Waals surface area (Å²) in [7, 11) is 0. The number of anilines is 1. The molecule has 0 amide bonds. The van der Waals surface area contributed by atoms with E-state index in [2.05, 4.69) is 62.3 Å². The summed E-state index contributed by atoms with van der Waals surface area (Å²) in [6, 6.07) is 6.25. The van der Waals surface area contributed by atoms with Crippen LogP contribution in [0.15, 0.2) is 27.1 Å². The van der Waals surface area contributed by atoms with Crippen molar-refractivity contribution in [1.82, 2.24) is 0 Å². The minimum Gasteiger partial charge on any atom is -0.384 e. The van der Waals surface area contributed by atoms with Crippen molar-refractivity contribution >= 4 is 37.5 Å². The second-order valence-corrected chi connectivity index (χ2v) is 7.50. The van der Waals surface area contributed by atoms with Gasteiger partial charge in [-0.05, 0) is 40.5 Å². The largest absolute Gasteiger partial charge is 0.384 e. The maximum Gasteiger partial charge on any atom is 0.0495 e. The molecule has 1 aromatic carbocycles. The first kappa shape index (κ1) is 19.0. The smallest absolute Gasteiger partial charge is 0.0495 e. The number of nitrogens with one attached hydrogen (secondary N) is 1. The zero-order chi connectivity index (χ0) is 15.3. The summed E-state index contributed by atoms with van der Waals surface area (Å²) < 4.78 is 2.26. The zero-order valence-corrected chi connectivity index (χ0v) is 16.4. The standard InChI is InChI=1S/C18H29Br2N/c1-2-3-4-5-6-7-8-9-10-11-14-21-18-15-16(19)12-13-17(18)20/h12-13,15,21H,2-11,14H2,1H3. The molecule has 120 valence electrons. The number of rotatable bonds is 12. The monoisotopic (exact) mass is 417 g/mol. The van der Waals surface area contributed by atoms with E-state index in [1.807, 2.05) is 0 Å². The van der Waals surface area contributed by atoms with Crippen LogP contribution in [0.5, 0.6) is 0 Å². The maximum absolute atomic E-state index is 3.58. The van der Waals surface area contributed by atoms with Crippen LogP contribution in [0.2, 0.25) is 0 Å². The van der Waals surface area contributed by atoms with Gasteiger partial charge in [0.05, 0.1) is 0 Å². The molecule has 1 rings (SSSR count). The van der Waals surface area contributed by atoms with E-state index in [0.29, 0.717) is 0 Å². The minimum absolute atomic E-state index is 1.06. The molecule has 21 heavy (non-hydrogen) atoms. The molecule has 3 heteroatoms. The highest BCUT2D eigenvalue weighted by Crippen LogP contribution is 2.26. The molecule has 0 fully saturated rings. The van der Waals surface area contributed by atoms with Gasteiger partial charge in [-0.2, -0.15) is 0 Å². The van der Waals surface area contributed by atoms with Gasteiger partial charge < -0.3 is 5.32 Å². The summed E-state index contributed by atoms with van der Waals surface area (Å²) in [5.74, 6) is 0. The van der Waals surface area contributed by atoms with Gasteiger partial charge in [-0.1, -0.05) is 80.6 Å². The van der Waals surface area contributed by atoms with Crippen LogP contribution >= 0.6 is 31.9 Å². The van der Waals surface area contributed by atoms with Crippen molar-refractivity contribution in [2.45, 2.75) is 71.1 Å². The predicted octanol–water partition coefficient (Wildman–Crippen LogP) is 7.54. The van der Waals surface area contributed by atoms with Crippen molar-refractivity contribution in [3.63, 3.8) is 0 Å². The molecule has 0 unspecified atom stereocenters. The Balaban J connectivity index is 1.94. The third kappa shape index (κ3) is 9.57. The highest BCUT2D eigenvalue weighted by atomic mass is 79.9. The van der Waals surface area contributed by atoms with E-state index in [9.17, 15) is 0 Å². The third-order valence-electron chi connectivity index (χ3n) is 3.77. The summed E-state index contributed by atoms with van der Waals surface area (Å²) >= 11 is 7.09.